The summed E-state index contributed by atoms with van der Waals surface area (Å²) in [7, 11) is 1.73. The number of hydrogen-bond acceptors (Lipinski definition) is 2. The summed E-state index contributed by atoms with van der Waals surface area (Å²) in [6, 6.07) is 0. The van der Waals surface area contributed by atoms with E-state index in [0.717, 1.165) is 31.1 Å². The summed E-state index contributed by atoms with van der Waals surface area (Å²) in [6.07, 6.45) is 3.64. The van der Waals surface area contributed by atoms with E-state index in [-0.39, 0.29) is 0 Å². The molecule has 1 saturated heterocycles. The van der Waals surface area contributed by atoms with E-state index in [0.29, 0.717) is 0 Å². The van der Waals surface area contributed by atoms with Gasteiger partial charge in [-0.25, -0.2) is 0 Å². The molecule has 0 aromatic carbocycles. The second-order valence-electron chi connectivity index (χ2n) is 2.83. The van der Waals surface area contributed by atoms with Crippen LogP contribution in [0.4, 0.5) is 0 Å². The van der Waals surface area contributed by atoms with Gasteiger partial charge in [-0.05, 0) is 19.3 Å². The molecule has 0 N–H and O–H groups in total. The van der Waals surface area contributed by atoms with Gasteiger partial charge < -0.3 is 9.64 Å². The van der Waals surface area contributed by atoms with Crippen molar-refractivity contribution in [2.24, 2.45) is 0 Å². The van der Waals surface area contributed by atoms with Crippen molar-refractivity contribution in [2.45, 2.75) is 19.3 Å². The summed E-state index contributed by atoms with van der Waals surface area (Å²) < 4.78 is 4.99. The number of piperidine rings is 1. The van der Waals surface area contributed by atoms with Crippen LogP contribution in [0.1, 0.15) is 19.3 Å². The van der Waals surface area contributed by atoms with Gasteiger partial charge in [0, 0.05) is 20.2 Å². The van der Waals surface area contributed by atoms with Crippen LogP contribution < -0.4 is 0 Å². The Balaban J connectivity index is 2.24. The molecule has 1 rings (SSSR count). The van der Waals surface area contributed by atoms with Gasteiger partial charge in [0.25, 0.3) is 0 Å². The Labute approximate surface area is 73.5 Å². The zero-order valence-corrected chi connectivity index (χ0v) is 7.82. The van der Waals surface area contributed by atoms with Gasteiger partial charge in [0.1, 0.15) is 0 Å². The van der Waals surface area contributed by atoms with E-state index in [1.165, 1.54) is 12.8 Å². The molecule has 0 aromatic heterocycles. The highest BCUT2D eigenvalue weighted by Gasteiger charge is 2.13. The van der Waals surface area contributed by atoms with Crippen molar-refractivity contribution in [3.8, 4) is 0 Å². The van der Waals surface area contributed by atoms with Crippen LogP contribution >= 0.6 is 12.2 Å². The zero-order chi connectivity index (χ0) is 8.10. The summed E-state index contributed by atoms with van der Waals surface area (Å²) in [5.41, 5.74) is 0. The SMILES string of the molecule is COCCN1CCCCC1=S. The topological polar surface area (TPSA) is 12.5 Å². The molecule has 1 aliphatic rings. The molecule has 0 spiro atoms. The van der Waals surface area contributed by atoms with Gasteiger partial charge in [0.15, 0.2) is 0 Å². The van der Waals surface area contributed by atoms with Gasteiger partial charge >= 0.3 is 0 Å². The van der Waals surface area contributed by atoms with E-state index in [1.54, 1.807) is 7.11 Å². The first-order chi connectivity index (χ1) is 5.34. The molecule has 2 nitrogen and oxygen atoms in total. The maximum Gasteiger partial charge on any atom is 0.0780 e. The van der Waals surface area contributed by atoms with Crippen molar-refractivity contribution in [2.75, 3.05) is 26.8 Å². The van der Waals surface area contributed by atoms with Gasteiger partial charge in [-0.1, -0.05) is 12.2 Å². The molecule has 64 valence electrons. The first kappa shape index (κ1) is 8.94. The fraction of sp³-hybridized carbons (Fsp3) is 0.875. The third kappa shape index (κ3) is 2.75. The summed E-state index contributed by atoms with van der Waals surface area (Å²) >= 11 is 5.21. The van der Waals surface area contributed by atoms with Gasteiger partial charge in [-0.15, -0.1) is 0 Å². The Morgan fingerprint density at radius 3 is 3.00 bits per heavy atom. The Morgan fingerprint density at radius 1 is 1.55 bits per heavy atom. The Kier molecular flexibility index (Phi) is 3.80. The van der Waals surface area contributed by atoms with Crippen LogP contribution in [-0.2, 0) is 4.74 Å². The lowest BCUT2D eigenvalue weighted by atomic mass is 10.1. The first-order valence-corrected chi connectivity index (χ1v) is 4.52. The molecule has 0 bridgehead atoms. The number of likely N-dealkylation sites (tertiary alicyclic amines) is 1. The van der Waals surface area contributed by atoms with E-state index in [4.69, 9.17) is 17.0 Å². The van der Waals surface area contributed by atoms with Gasteiger partial charge in [0.05, 0.1) is 11.6 Å². The molecule has 0 aromatic rings. The normalized spacial score (nSPS) is 19.0. The molecule has 0 amide bonds. The lowest BCUT2D eigenvalue weighted by Gasteiger charge is -2.28. The van der Waals surface area contributed by atoms with Crippen LogP contribution in [0.2, 0.25) is 0 Å². The molecular weight excluding hydrogens is 158 g/mol. The maximum atomic E-state index is 5.21. The first-order valence-electron chi connectivity index (χ1n) is 4.11. The lowest BCUT2D eigenvalue weighted by Crippen LogP contribution is -2.36. The monoisotopic (exact) mass is 173 g/mol. The predicted molar refractivity (Wildman–Crippen MR) is 49.9 cm³/mol. The highest BCUT2D eigenvalue weighted by Crippen LogP contribution is 2.11. The minimum absolute atomic E-state index is 0.792. The van der Waals surface area contributed by atoms with Crippen molar-refractivity contribution < 1.29 is 4.74 Å². The maximum absolute atomic E-state index is 5.21. The molecular formula is C8H15NOS. The smallest absolute Gasteiger partial charge is 0.0780 e. The fourth-order valence-corrected chi connectivity index (χ4v) is 1.63. The van der Waals surface area contributed by atoms with Gasteiger partial charge in [0.2, 0.25) is 0 Å². The van der Waals surface area contributed by atoms with Crippen LogP contribution in [0.3, 0.4) is 0 Å². The number of rotatable bonds is 3. The molecule has 1 fully saturated rings. The van der Waals surface area contributed by atoms with Crippen LogP contribution in [0.25, 0.3) is 0 Å². The number of thiocarbonyl (C=S) groups is 1. The van der Waals surface area contributed by atoms with Crippen molar-refractivity contribution in [1.82, 2.24) is 4.90 Å². The summed E-state index contributed by atoms with van der Waals surface area (Å²) in [5, 5.41) is 0. The molecule has 3 heteroatoms. The molecule has 0 radical (unpaired) electrons. The number of ether oxygens (including phenoxy) is 1. The van der Waals surface area contributed by atoms with E-state index in [1.807, 2.05) is 0 Å². The standard InChI is InChI=1S/C8H15NOS/c1-10-7-6-9-5-3-2-4-8(9)11/h2-7H2,1H3. The number of hydrogen-bond donors (Lipinski definition) is 0. The number of methoxy groups -OCH3 is 1. The zero-order valence-electron chi connectivity index (χ0n) is 7.01. The predicted octanol–water partition coefficient (Wildman–Crippen LogP) is 1.45. The van der Waals surface area contributed by atoms with Gasteiger partial charge in [-0.3, -0.25) is 0 Å². The fourth-order valence-electron chi connectivity index (χ4n) is 1.30. The average Bonchev–Trinajstić information content (AvgIpc) is 2.03. The Bertz CT molecular complexity index is 138. The lowest BCUT2D eigenvalue weighted by molar-refractivity contribution is 0.173. The Hall–Kier alpha value is -0.150. The third-order valence-electron chi connectivity index (χ3n) is 1.99. The van der Waals surface area contributed by atoms with Crippen LogP contribution in [0.5, 0.6) is 0 Å². The molecule has 1 aliphatic heterocycles. The van der Waals surface area contributed by atoms with E-state index in [2.05, 4.69) is 4.90 Å². The van der Waals surface area contributed by atoms with Crippen LogP contribution in [0.15, 0.2) is 0 Å². The van der Waals surface area contributed by atoms with Crippen molar-refractivity contribution in [1.29, 1.82) is 0 Å². The largest absolute Gasteiger partial charge is 0.383 e. The van der Waals surface area contributed by atoms with E-state index < -0.39 is 0 Å². The quantitative estimate of drug-likeness (QED) is 0.599. The second-order valence-corrected chi connectivity index (χ2v) is 3.30. The summed E-state index contributed by atoms with van der Waals surface area (Å²) in [4.78, 5) is 3.37. The Morgan fingerprint density at radius 2 is 2.36 bits per heavy atom. The average molecular weight is 173 g/mol. The minimum Gasteiger partial charge on any atom is -0.383 e. The van der Waals surface area contributed by atoms with Crippen molar-refractivity contribution in [3.63, 3.8) is 0 Å². The molecule has 0 aliphatic carbocycles. The molecule has 0 atom stereocenters. The minimum atomic E-state index is 0.792. The van der Waals surface area contributed by atoms with E-state index in [9.17, 15) is 0 Å². The van der Waals surface area contributed by atoms with Crippen molar-refractivity contribution >= 4 is 17.2 Å². The van der Waals surface area contributed by atoms with E-state index >= 15 is 0 Å². The highest BCUT2D eigenvalue weighted by atomic mass is 32.1. The molecule has 0 saturated carbocycles. The third-order valence-corrected chi connectivity index (χ3v) is 2.45. The van der Waals surface area contributed by atoms with Crippen LogP contribution in [0, 0.1) is 0 Å². The number of nitrogens with zero attached hydrogens (tertiary/aromatic N) is 1. The molecule has 11 heavy (non-hydrogen) atoms. The van der Waals surface area contributed by atoms with Crippen molar-refractivity contribution in [3.05, 3.63) is 0 Å². The summed E-state index contributed by atoms with van der Waals surface area (Å²) in [5.74, 6) is 0. The second kappa shape index (κ2) is 4.67. The van der Waals surface area contributed by atoms with Crippen LogP contribution in [-0.4, -0.2) is 36.7 Å². The van der Waals surface area contributed by atoms with Gasteiger partial charge in [-0.2, -0.15) is 0 Å². The highest BCUT2D eigenvalue weighted by molar-refractivity contribution is 7.80. The molecule has 1 heterocycles. The summed E-state index contributed by atoms with van der Waals surface area (Å²) in [6.45, 7) is 2.89. The molecule has 0 unspecified atom stereocenters.